The van der Waals surface area contributed by atoms with Gasteiger partial charge >= 0.3 is 0 Å². The molecule has 3 heteroatoms. The SMILES string of the molecule is CCCCN1CCC(N)C(CN)C1. The van der Waals surface area contributed by atoms with E-state index in [-0.39, 0.29) is 0 Å². The number of piperidine rings is 1. The minimum absolute atomic E-state index is 0.336. The van der Waals surface area contributed by atoms with Crippen molar-refractivity contribution in [3.63, 3.8) is 0 Å². The maximum atomic E-state index is 5.97. The standard InChI is InChI=1S/C10H23N3/c1-2-3-5-13-6-4-10(12)9(7-11)8-13/h9-10H,2-8,11-12H2,1H3. The van der Waals surface area contributed by atoms with Crippen molar-refractivity contribution in [2.75, 3.05) is 26.2 Å². The van der Waals surface area contributed by atoms with E-state index >= 15 is 0 Å². The van der Waals surface area contributed by atoms with Crippen LogP contribution in [0, 0.1) is 5.92 Å². The fraction of sp³-hybridized carbons (Fsp3) is 1.00. The van der Waals surface area contributed by atoms with Gasteiger partial charge in [0.05, 0.1) is 0 Å². The molecule has 4 N–H and O–H groups in total. The molecule has 1 aliphatic rings. The fourth-order valence-corrected chi connectivity index (χ4v) is 1.96. The van der Waals surface area contributed by atoms with Crippen LogP contribution in [0.5, 0.6) is 0 Å². The second-order valence-electron chi connectivity index (χ2n) is 4.10. The second kappa shape index (κ2) is 5.58. The molecule has 0 saturated carbocycles. The maximum absolute atomic E-state index is 5.97. The Morgan fingerprint density at radius 3 is 2.85 bits per heavy atom. The normalized spacial score (nSPS) is 30.7. The molecule has 2 unspecified atom stereocenters. The van der Waals surface area contributed by atoms with Crippen LogP contribution in [0.1, 0.15) is 26.2 Å². The van der Waals surface area contributed by atoms with E-state index in [9.17, 15) is 0 Å². The Labute approximate surface area is 81.5 Å². The third-order valence-electron chi connectivity index (χ3n) is 3.01. The maximum Gasteiger partial charge on any atom is 0.0104 e. The minimum Gasteiger partial charge on any atom is -0.330 e. The van der Waals surface area contributed by atoms with Gasteiger partial charge in [0.1, 0.15) is 0 Å². The van der Waals surface area contributed by atoms with Gasteiger partial charge in [-0.3, -0.25) is 0 Å². The van der Waals surface area contributed by atoms with E-state index in [0.717, 1.165) is 26.1 Å². The minimum atomic E-state index is 0.336. The molecule has 1 saturated heterocycles. The summed E-state index contributed by atoms with van der Waals surface area (Å²) in [4.78, 5) is 2.50. The van der Waals surface area contributed by atoms with Gasteiger partial charge in [-0.05, 0) is 38.4 Å². The number of hydrogen-bond acceptors (Lipinski definition) is 3. The Morgan fingerprint density at radius 1 is 1.46 bits per heavy atom. The van der Waals surface area contributed by atoms with Gasteiger partial charge in [0.25, 0.3) is 0 Å². The van der Waals surface area contributed by atoms with Crippen molar-refractivity contribution in [3.05, 3.63) is 0 Å². The zero-order chi connectivity index (χ0) is 9.68. The van der Waals surface area contributed by atoms with Gasteiger partial charge in [-0.1, -0.05) is 13.3 Å². The molecule has 2 atom stereocenters. The zero-order valence-corrected chi connectivity index (χ0v) is 8.71. The summed E-state index contributed by atoms with van der Waals surface area (Å²) >= 11 is 0. The number of nitrogens with two attached hydrogens (primary N) is 2. The van der Waals surface area contributed by atoms with E-state index in [1.54, 1.807) is 0 Å². The van der Waals surface area contributed by atoms with Crippen LogP contribution in [0.15, 0.2) is 0 Å². The molecule has 3 nitrogen and oxygen atoms in total. The summed E-state index contributed by atoms with van der Waals surface area (Å²) in [6.07, 6.45) is 3.69. The highest BCUT2D eigenvalue weighted by Crippen LogP contribution is 2.14. The molecular weight excluding hydrogens is 162 g/mol. The molecule has 1 rings (SSSR count). The first kappa shape index (κ1) is 11.0. The molecule has 0 aliphatic carbocycles. The highest BCUT2D eigenvalue weighted by Gasteiger charge is 2.24. The molecular formula is C10H23N3. The molecule has 1 aliphatic heterocycles. The van der Waals surface area contributed by atoms with Crippen LogP contribution in [0.25, 0.3) is 0 Å². The van der Waals surface area contributed by atoms with Crippen molar-refractivity contribution < 1.29 is 0 Å². The largest absolute Gasteiger partial charge is 0.330 e. The lowest BCUT2D eigenvalue weighted by molar-refractivity contribution is 0.157. The van der Waals surface area contributed by atoms with Crippen LogP contribution < -0.4 is 11.5 Å². The van der Waals surface area contributed by atoms with Gasteiger partial charge < -0.3 is 16.4 Å². The number of nitrogens with zero attached hydrogens (tertiary/aromatic N) is 1. The predicted octanol–water partition coefficient (Wildman–Crippen LogP) is 0.394. The number of hydrogen-bond donors (Lipinski definition) is 2. The predicted molar refractivity (Wildman–Crippen MR) is 56.5 cm³/mol. The summed E-state index contributed by atoms with van der Waals surface area (Å²) in [5, 5.41) is 0. The molecule has 13 heavy (non-hydrogen) atoms. The molecule has 1 fully saturated rings. The van der Waals surface area contributed by atoms with Gasteiger partial charge in [-0.2, -0.15) is 0 Å². The molecule has 0 aromatic rings. The average Bonchev–Trinajstić information content (AvgIpc) is 2.16. The van der Waals surface area contributed by atoms with Crippen molar-refractivity contribution in [1.82, 2.24) is 4.90 Å². The topological polar surface area (TPSA) is 55.3 Å². The van der Waals surface area contributed by atoms with Crippen LogP contribution in [-0.2, 0) is 0 Å². The third-order valence-corrected chi connectivity index (χ3v) is 3.01. The van der Waals surface area contributed by atoms with Crippen LogP contribution in [0.2, 0.25) is 0 Å². The smallest absolute Gasteiger partial charge is 0.0104 e. The Kier molecular flexibility index (Phi) is 4.70. The number of likely N-dealkylation sites (tertiary alicyclic amines) is 1. The molecule has 0 amide bonds. The molecule has 1 heterocycles. The van der Waals surface area contributed by atoms with Crippen molar-refractivity contribution in [2.24, 2.45) is 17.4 Å². The van der Waals surface area contributed by atoms with Crippen molar-refractivity contribution in [2.45, 2.75) is 32.2 Å². The first-order chi connectivity index (χ1) is 6.27. The number of rotatable bonds is 4. The lowest BCUT2D eigenvalue weighted by Gasteiger charge is -2.36. The highest BCUT2D eigenvalue weighted by molar-refractivity contribution is 4.83. The lowest BCUT2D eigenvalue weighted by atomic mass is 9.93. The Bertz CT molecular complexity index is 136. The second-order valence-corrected chi connectivity index (χ2v) is 4.10. The van der Waals surface area contributed by atoms with E-state index in [4.69, 9.17) is 11.5 Å². The monoisotopic (exact) mass is 185 g/mol. The van der Waals surface area contributed by atoms with Gasteiger partial charge in [0.2, 0.25) is 0 Å². The quantitative estimate of drug-likeness (QED) is 0.666. The van der Waals surface area contributed by atoms with E-state index < -0.39 is 0 Å². The summed E-state index contributed by atoms with van der Waals surface area (Å²) in [6, 6.07) is 0.336. The summed E-state index contributed by atoms with van der Waals surface area (Å²) in [5.41, 5.74) is 11.7. The third kappa shape index (κ3) is 3.25. The fourth-order valence-electron chi connectivity index (χ4n) is 1.96. The van der Waals surface area contributed by atoms with E-state index in [1.807, 2.05) is 0 Å². The summed E-state index contributed by atoms with van der Waals surface area (Å²) in [7, 11) is 0. The van der Waals surface area contributed by atoms with Gasteiger partial charge in [0, 0.05) is 12.6 Å². The summed E-state index contributed by atoms with van der Waals surface area (Å²) < 4.78 is 0. The van der Waals surface area contributed by atoms with E-state index in [0.29, 0.717) is 12.0 Å². The molecule has 0 radical (unpaired) electrons. The molecule has 0 spiro atoms. The van der Waals surface area contributed by atoms with Crippen LogP contribution in [0.4, 0.5) is 0 Å². The number of unbranched alkanes of at least 4 members (excludes halogenated alkanes) is 1. The van der Waals surface area contributed by atoms with Gasteiger partial charge in [-0.15, -0.1) is 0 Å². The molecule has 0 aromatic heterocycles. The Balaban J connectivity index is 2.27. The van der Waals surface area contributed by atoms with E-state index in [2.05, 4.69) is 11.8 Å². The van der Waals surface area contributed by atoms with Crippen molar-refractivity contribution in [1.29, 1.82) is 0 Å². The van der Waals surface area contributed by atoms with Crippen molar-refractivity contribution in [3.8, 4) is 0 Å². The van der Waals surface area contributed by atoms with Crippen molar-refractivity contribution >= 4 is 0 Å². The molecule has 0 bridgehead atoms. The van der Waals surface area contributed by atoms with Gasteiger partial charge in [-0.25, -0.2) is 0 Å². The van der Waals surface area contributed by atoms with Crippen LogP contribution in [-0.4, -0.2) is 37.1 Å². The summed E-state index contributed by atoms with van der Waals surface area (Å²) in [6.45, 7) is 6.47. The first-order valence-electron chi connectivity index (χ1n) is 5.46. The zero-order valence-electron chi connectivity index (χ0n) is 8.71. The molecule has 78 valence electrons. The first-order valence-corrected chi connectivity index (χ1v) is 5.46. The lowest BCUT2D eigenvalue weighted by Crippen LogP contribution is -2.49. The Hall–Kier alpha value is -0.120. The Morgan fingerprint density at radius 2 is 2.23 bits per heavy atom. The molecule has 0 aromatic carbocycles. The van der Waals surface area contributed by atoms with Crippen LogP contribution in [0.3, 0.4) is 0 Å². The highest BCUT2D eigenvalue weighted by atomic mass is 15.1. The summed E-state index contributed by atoms with van der Waals surface area (Å²) in [5.74, 6) is 0.519. The average molecular weight is 185 g/mol. The van der Waals surface area contributed by atoms with Gasteiger partial charge in [0.15, 0.2) is 0 Å². The van der Waals surface area contributed by atoms with E-state index in [1.165, 1.54) is 19.4 Å². The van der Waals surface area contributed by atoms with Crippen LogP contribution >= 0.6 is 0 Å².